The van der Waals surface area contributed by atoms with E-state index >= 15 is 0 Å². The fourth-order valence-electron chi connectivity index (χ4n) is 3.90. The normalized spacial score (nSPS) is 16.5. The minimum absolute atomic E-state index is 0.0935. The molecule has 1 aliphatic heterocycles. The van der Waals surface area contributed by atoms with Gasteiger partial charge in [0.1, 0.15) is 16.6 Å². The number of aliphatic hydroxyl groups excluding tert-OH is 1. The van der Waals surface area contributed by atoms with E-state index in [0.29, 0.717) is 29.3 Å². The first-order valence-corrected chi connectivity index (χ1v) is 13.4. The average molecular weight is 528 g/mol. The van der Waals surface area contributed by atoms with Crippen molar-refractivity contribution in [3.63, 3.8) is 0 Å². The van der Waals surface area contributed by atoms with Crippen LogP contribution in [0.2, 0.25) is 5.02 Å². The number of hydrogen-bond acceptors (Lipinski definition) is 6. The Hall–Kier alpha value is -2.11. The summed E-state index contributed by atoms with van der Waals surface area (Å²) < 4.78 is 57.0. The molecule has 0 amide bonds. The van der Waals surface area contributed by atoms with Crippen molar-refractivity contribution in [1.82, 2.24) is 9.88 Å². The summed E-state index contributed by atoms with van der Waals surface area (Å²) in [5.41, 5.74) is -0.387. The molecule has 0 saturated carbocycles. The van der Waals surface area contributed by atoms with Gasteiger partial charge in [-0.05, 0) is 56.2 Å². The molecule has 1 fully saturated rings. The highest BCUT2D eigenvalue weighted by Gasteiger charge is 2.34. The minimum atomic E-state index is -4.27. The van der Waals surface area contributed by atoms with Crippen molar-refractivity contribution in [3.05, 3.63) is 75.2 Å². The predicted molar refractivity (Wildman–Crippen MR) is 129 cm³/mol. The van der Waals surface area contributed by atoms with E-state index in [4.69, 9.17) is 11.6 Å². The molecule has 0 aliphatic carbocycles. The molecule has 1 saturated heterocycles. The Bertz CT molecular complexity index is 1250. The summed E-state index contributed by atoms with van der Waals surface area (Å²) in [7, 11) is -4.27. The topological polar surface area (TPSA) is 73.7 Å². The number of anilines is 1. The Balaban J connectivity index is 1.69. The third-order valence-corrected chi connectivity index (χ3v) is 9.07. The highest BCUT2D eigenvalue weighted by molar-refractivity contribution is 7.92. The highest BCUT2D eigenvalue weighted by atomic mass is 35.5. The van der Waals surface area contributed by atoms with Crippen LogP contribution in [0, 0.1) is 11.6 Å². The second-order valence-electron chi connectivity index (χ2n) is 8.19. The van der Waals surface area contributed by atoms with E-state index in [2.05, 4.69) is 9.88 Å². The van der Waals surface area contributed by atoms with Crippen LogP contribution in [0.15, 0.2) is 53.6 Å². The zero-order chi connectivity index (χ0) is 24.5. The van der Waals surface area contributed by atoms with E-state index in [1.165, 1.54) is 35.6 Å². The number of aromatic nitrogens is 1. The molecule has 3 aromatic rings. The summed E-state index contributed by atoms with van der Waals surface area (Å²) in [6, 6.07) is 7.39. The van der Waals surface area contributed by atoms with Gasteiger partial charge in [-0.3, -0.25) is 9.21 Å². The van der Waals surface area contributed by atoms with Crippen LogP contribution in [-0.2, 0) is 16.6 Å². The lowest BCUT2D eigenvalue weighted by atomic mass is 10.1. The minimum Gasteiger partial charge on any atom is -0.393 e. The van der Waals surface area contributed by atoms with Gasteiger partial charge in [0.25, 0.3) is 10.0 Å². The maximum atomic E-state index is 14.8. The summed E-state index contributed by atoms with van der Waals surface area (Å²) in [4.78, 5) is 7.11. The van der Waals surface area contributed by atoms with Crippen molar-refractivity contribution in [2.45, 2.75) is 43.4 Å². The lowest BCUT2D eigenvalue weighted by Crippen LogP contribution is -2.35. The number of nitrogens with zero attached hydrogens (tertiary/aromatic N) is 3. The van der Waals surface area contributed by atoms with Crippen molar-refractivity contribution < 1.29 is 22.3 Å². The van der Waals surface area contributed by atoms with Gasteiger partial charge in [0.05, 0.1) is 29.3 Å². The number of benzene rings is 2. The second-order valence-corrected chi connectivity index (χ2v) is 11.6. The number of halogens is 3. The lowest BCUT2D eigenvalue weighted by molar-refractivity contribution is 0.0792. The van der Waals surface area contributed by atoms with E-state index in [1.54, 1.807) is 13.1 Å². The number of thiazole rings is 1. The third-order valence-electron chi connectivity index (χ3n) is 5.77. The Labute approximate surface area is 206 Å². The Morgan fingerprint density at radius 3 is 2.56 bits per heavy atom. The quantitative estimate of drug-likeness (QED) is 0.468. The predicted octanol–water partition coefficient (Wildman–Crippen LogP) is 4.99. The lowest BCUT2D eigenvalue weighted by Gasteiger charge is -2.30. The molecule has 34 heavy (non-hydrogen) atoms. The molecule has 1 aliphatic rings. The fraction of sp³-hybridized carbons (Fsp3) is 0.348. The largest absolute Gasteiger partial charge is 0.393 e. The van der Waals surface area contributed by atoms with Gasteiger partial charge in [0.15, 0.2) is 0 Å². The van der Waals surface area contributed by atoms with Gasteiger partial charge in [0, 0.05) is 35.3 Å². The molecule has 0 spiro atoms. The molecule has 1 unspecified atom stereocenters. The molecule has 2 heterocycles. The van der Waals surface area contributed by atoms with Crippen LogP contribution in [0.3, 0.4) is 0 Å². The van der Waals surface area contributed by atoms with Crippen molar-refractivity contribution >= 4 is 38.6 Å². The van der Waals surface area contributed by atoms with Gasteiger partial charge in [0.2, 0.25) is 0 Å². The molecule has 11 heteroatoms. The van der Waals surface area contributed by atoms with Crippen molar-refractivity contribution in [3.8, 4) is 0 Å². The van der Waals surface area contributed by atoms with E-state index in [-0.39, 0.29) is 16.7 Å². The maximum Gasteiger partial charge on any atom is 0.264 e. The molecule has 4 rings (SSSR count). The van der Waals surface area contributed by atoms with Crippen LogP contribution in [0.4, 0.5) is 14.5 Å². The van der Waals surface area contributed by atoms with Crippen molar-refractivity contribution in [2.75, 3.05) is 17.4 Å². The first kappa shape index (κ1) is 25.0. The molecule has 1 atom stereocenters. The number of aliphatic hydroxyl groups is 1. The SMILES string of the molecule is CC(c1cnc(CN2CCC(O)CC2)s1)N(c1cc(F)ccc1F)S(=O)(=O)c1ccc(Cl)cc1. The number of sulfonamides is 1. The number of likely N-dealkylation sites (tertiary alicyclic amines) is 1. The summed E-state index contributed by atoms with van der Waals surface area (Å²) in [5, 5.41) is 10.8. The summed E-state index contributed by atoms with van der Waals surface area (Å²) >= 11 is 7.23. The Morgan fingerprint density at radius 1 is 1.21 bits per heavy atom. The van der Waals surface area contributed by atoms with Gasteiger partial charge >= 0.3 is 0 Å². The van der Waals surface area contributed by atoms with Gasteiger partial charge in [-0.1, -0.05) is 11.6 Å². The smallest absolute Gasteiger partial charge is 0.264 e. The third kappa shape index (κ3) is 5.41. The standard InChI is InChI=1S/C23H24ClF2N3O3S2/c1-15(22-13-27-23(33-22)14-28-10-8-18(30)9-11-28)29(21-12-17(25)4-7-20(21)26)34(31,32)19-5-2-16(24)3-6-19/h2-7,12-13,15,18,30H,8-11,14H2,1H3. The molecule has 0 bridgehead atoms. The average Bonchev–Trinajstić information content (AvgIpc) is 3.26. The van der Waals surface area contributed by atoms with Crippen LogP contribution in [0.5, 0.6) is 0 Å². The van der Waals surface area contributed by atoms with Crippen molar-refractivity contribution in [2.24, 2.45) is 0 Å². The maximum absolute atomic E-state index is 14.8. The molecule has 0 radical (unpaired) electrons. The van der Waals surface area contributed by atoms with E-state index < -0.39 is 27.7 Å². The van der Waals surface area contributed by atoms with Gasteiger partial charge in [-0.2, -0.15) is 0 Å². The molecule has 2 aromatic carbocycles. The first-order valence-electron chi connectivity index (χ1n) is 10.7. The van der Waals surface area contributed by atoms with E-state index in [9.17, 15) is 22.3 Å². The van der Waals surface area contributed by atoms with Crippen LogP contribution in [-0.4, -0.2) is 42.6 Å². The van der Waals surface area contributed by atoms with Gasteiger partial charge in [-0.25, -0.2) is 22.2 Å². The molecular weight excluding hydrogens is 504 g/mol. The number of hydrogen-bond donors (Lipinski definition) is 1. The summed E-state index contributed by atoms with van der Waals surface area (Å²) in [6.07, 6.45) is 2.68. The second kappa shape index (κ2) is 10.2. The molecule has 182 valence electrons. The molecule has 6 nitrogen and oxygen atoms in total. The zero-order valence-corrected chi connectivity index (χ0v) is 20.8. The van der Waals surface area contributed by atoms with E-state index in [1.807, 2.05) is 0 Å². The highest BCUT2D eigenvalue weighted by Crippen LogP contribution is 2.37. The Morgan fingerprint density at radius 2 is 1.88 bits per heavy atom. The number of rotatable bonds is 7. The van der Waals surface area contributed by atoms with Crippen LogP contribution in [0.1, 0.15) is 35.7 Å². The van der Waals surface area contributed by atoms with Gasteiger partial charge in [-0.15, -0.1) is 11.3 Å². The van der Waals surface area contributed by atoms with Crippen LogP contribution >= 0.6 is 22.9 Å². The Kier molecular flexibility index (Phi) is 7.54. The zero-order valence-electron chi connectivity index (χ0n) is 18.4. The summed E-state index contributed by atoms with van der Waals surface area (Å²) in [6.45, 7) is 3.68. The first-order chi connectivity index (χ1) is 16.1. The molecule has 1 N–H and O–H groups in total. The molecule has 1 aromatic heterocycles. The number of piperidine rings is 1. The monoisotopic (exact) mass is 527 g/mol. The van der Waals surface area contributed by atoms with Crippen molar-refractivity contribution in [1.29, 1.82) is 0 Å². The summed E-state index contributed by atoms with van der Waals surface area (Å²) in [5.74, 6) is -1.61. The van der Waals surface area contributed by atoms with E-state index in [0.717, 1.165) is 40.6 Å². The van der Waals surface area contributed by atoms with Crippen LogP contribution in [0.25, 0.3) is 0 Å². The van der Waals surface area contributed by atoms with Crippen LogP contribution < -0.4 is 4.31 Å². The fourth-order valence-corrected chi connectivity index (χ4v) is 6.73. The molecular formula is C23H24ClF2N3O3S2. The van der Waals surface area contributed by atoms with Gasteiger partial charge < -0.3 is 5.11 Å².